The smallest absolute Gasteiger partial charge is 0.410 e. The molecule has 1 N–H and O–H groups in total. The summed E-state index contributed by atoms with van der Waals surface area (Å²) in [5.74, 6) is -3.32. The Labute approximate surface area is 99.5 Å². The number of nitrogens with zero attached hydrogens (tertiary/aromatic N) is 1. The van der Waals surface area contributed by atoms with E-state index in [4.69, 9.17) is 4.74 Å². The summed E-state index contributed by atoms with van der Waals surface area (Å²) in [5, 5.41) is 9.51. The van der Waals surface area contributed by atoms with Crippen LogP contribution < -0.4 is 0 Å². The topological polar surface area (TPSA) is 49.8 Å². The van der Waals surface area contributed by atoms with Crippen molar-refractivity contribution < 1.29 is 23.4 Å². The molecule has 1 saturated heterocycles. The van der Waals surface area contributed by atoms with Crippen LogP contribution in [0.4, 0.5) is 13.6 Å². The lowest BCUT2D eigenvalue weighted by Crippen LogP contribution is -2.60. The summed E-state index contributed by atoms with van der Waals surface area (Å²) in [6.45, 7) is 5.35. The molecule has 0 aromatic rings. The van der Waals surface area contributed by atoms with Gasteiger partial charge in [0, 0.05) is 6.54 Å². The van der Waals surface area contributed by atoms with Crippen LogP contribution in [-0.2, 0) is 4.74 Å². The lowest BCUT2D eigenvalue weighted by Gasteiger charge is -2.42. The Kier molecular flexibility index (Phi) is 3.40. The summed E-state index contributed by atoms with van der Waals surface area (Å²) >= 11 is 0. The van der Waals surface area contributed by atoms with Crippen LogP contribution in [0.5, 0.6) is 0 Å². The van der Waals surface area contributed by atoms with Crippen molar-refractivity contribution in [1.29, 1.82) is 0 Å². The number of halogens is 2. The van der Waals surface area contributed by atoms with Crippen LogP contribution in [0.1, 0.15) is 34.1 Å². The van der Waals surface area contributed by atoms with E-state index in [2.05, 4.69) is 0 Å². The summed E-state index contributed by atoms with van der Waals surface area (Å²) in [4.78, 5) is 12.5. The van der Waals surface area contributed by atoms with Gasteiger partial charge in [-0.3, -0.25) is 0 Å². The second kappa shape index (κ2) is 4.08. The van der Waals surface area contributed by atoms with E-state index in [1.54, 1.807) is 20.8 Å². The maximum atomic E-state index is 13.5. The van der Waals surface area contributed by atoms with E-state index in [1.807, 2.05) is 0 Å². The first-order valence-electron chi connectivity index (χ1n) is 5.53. The maximum absolute atomic E-state index is 13.5. The molecule has 0 spiro atoms. The van der Waals surface area contributed by atoms with E-state index in [0.717, 1.165) is 11.8 Å². The van der Waals surface area contributed by atoms with Crippen molar-refractivity contribution in [2.24, 2.45) is 0 Å². The van der Waals surface area contributed by atoms with Gasteiger partial charge in [-0.25, -0.2) is 13.6 Å². The molecule has 0 aromatic carbocycles. The summed E-state index contributed by atoms with van der Waals surface area (Å²) < 4.78 is 32.1. The van der Waals surface area contributed by atoms with Crippen molar-refractivity contribution >= 4 is 6.09 Å². The monoisotopic (exact) mass is 251 g/mol. The lowest BCUT2D eigenvalue weighted by atomic mass is 9.90. The van der Waals surface area contributed by atoms with Crippen LogP contribution in [0.25, 0.3) is 0 Å². The zero-order valence-corrected chi connectivity index (χ0v) is 10.6. The number of likely N-dealkylation sites (tertiary alicyclic amines) is 1. The van der Waals surface area contributed by atoms with Gasteiger partial charge < -0.3 is 14.7 Å². The molecule has 0 unspecified atom stereocenters. The van der Waals surface area contributed by atoms with Gasteiger partial charge in [0.1, 0.15) is 11.2 Å². The van der Waals surface area contributed by atoms with Crippen molar-refractivity contribution in [3.05, 3.63) is 0 Å². The van der Waals surface area contributed by atoms with E-state index in [9.17, 15) is 18.7 Å². The van der Waals surface area contributed by atoms with Gasteiger partial charge in [0.15, 0.2) is 0 Å². The zero-order chi connectivity index (χ0) is 13.5. The number of hydrogen-bond donors (Lipinski definition) is 1. The molecule has 100 valence electrons. The third kappa shape index (κ3) is 3.28. The van der Waals surface area contributed by atoms with Crippen LogP contribution in [0.2, 0.25) is 0 Å². The Morgan fingerprint density at radius 3 is 2.35 bits per heavy atom. The van der Waals surface area contributed by atoms with Crippen LogP contribution >= 0.6 is 0 Å². The molecule has 1 aliphatic rings. The number of aliphatic hydroxyl groups is 1. The lowest BCUT2D eigenvalue weighted by molar-refractivity contribution is -0.203. The highest BCUT2D eigenvalue weighted by Gasteiger charge is 2.54. The Hall–Kier alpha value is -0.910. The Balaban J connectivity index is 2.69. The Morgan fingerprint density at radius 2 is 1.94 bits per heavy atom. The molecule has 1 fully saturated rings. The molecule has 1 aliphatic heterocycles. The van der Waals surface area contributed by atoms with E-state index < -0.39 is 29.8 Å². The molecule has 0 saturated carbocycles. The number of alkyl halides is 2. The first kappa shape index (κ1) is 14.2. The highest BCUT2D eigenvalue weighted by atomic mass is 19.3. The Bertz CT molecular complexity index is 310. The molecule has 0 bridgehead atoms. The SMILES string of the molecule is CC(C)(C)OC(=O)N1CC[C@@](C)(O)C(F)(F)C1. The van der Waals surface area contributed by atoms with Gasteiger partial charge in [-0.1, -0.05) is 0 Å². The summed E-state index contributed by atoms with van der Waals surface area (Å²) in [5.41, 5.74) is -2.78. The average Bonchev–Trinajstić information content (AvgIpc) is 2.06. The fourth-order valence-electron chi connectivity index (χ4n) is 1.51. The molecule has 4 nitrogen and oxygen atoms in total. The molecule has 1 atom stereocenters. The van der Waals surface area contributed by atoms with Gasteiger partial charge in [-0.05, 0) is 34.1 Å². The largest absolute Gasteiger partial charge is 0.444 e. The fraction of sp³-hybridized carbons (Fsp3) is 0.909. The number of amides is 1. The van der Waals surface area contributed by atoms with Crippen molar-refractivity contribution in [2.45, 2.75) is 51.2 Å². The normalized spacial score (nSPS) is 29.0. The second-order valence-electron chi connectivity index (χ2n) is 5.63. The number of piperidine rings is 1. The van der Waals surface area contributed by atoms with E-state index in [0.29, 0.717) is 0 Å². The minimum Gasteiger partial charge on any atom is -0.444 e. The highest BCUT2D eigenvalue weighted by Crippen LogP contribution is 2.36. The molecule has 0 aliphatic carbocycles. The van der Waals surface area contributed by atoms with E-state index in [-0.39, 0.29) is 13.0 Å². The third-order valence-corrected chi connectivity index (χ3v) is 2.70. The quantitative estimate of drug-likeness (QED) is 0.716. The summed E-state index contributed by atoms with van der Waals surface area (Å²) in [7, 11) is 0. The minimum atomic E-state index is -3.32. The van der Waals surface area contributed by atoms with Crippen LogP contribution in [0.15, 0.2) is 0 Å². The van der Waals surface area contributed by atoms with Crippen molar-refractivity contribution in [2.75, 3.05) is 13.1 Å². The van der Waals surface area contributed by atoms with Gasteiger partial charge in [-0.15, -0.1) is 0 Å². The minimum absolute atomic E-state index is 0.0670. The van der Waals surface area contributed by atoms with Crippen LogP contribution in [0, 0.1) is 0 Å². The molecule has 6 heteroatoms. The third-order valence-electron chi connectivity index (χ3n) is 2.70. The van der Waals surface area contributed by atoms with Crippen molar-refractivity contribution in [3.8, 4) is 0 Å². The van der Waals surface area contributed by atoms with E-state index >= 15 is 0 Å². The molecular formula is C11H19F2NO3. The number of carbonyl (C=O) groups excluding carboxylic acids is 1. The predicted molar refractivity (Wildman–Crippen MR) is 58.0 cm³/mol. The number of ether oxygens (including phenoxy) is 1. The average molecular weight is 251 g/mol. The first-order chi connectivity index (χ1) is 7.45. The maximum Gasteiger partial charge on any atom is 0.410 e. The summed E-state index contributed by atoms with van der Waals surface area (Å²) in [6.07, 6.45) is -0.938. The van der Waals surface area contributed by atoms with Gasteiger partial charge in [0.2, 0.25) is 0 Å². The van der Waals surface area contributed by atoms with Crippen molar-refractivity contribution in [1.82, 2.24) is 4.90 Å². The summed E-state index contributed by atoms with van der Waals surface area (Å²) in [6, 6.07) is 0. The molecule has 1 rings (SSSR count). The van der Waals surface area contributed by atoms with Crippen LogP contribution in [0.3, 0.4) is 0 Å². The molecule has 1 amide bonds. The van der Waals surface area contributed by atoms with Gasteiger partial charge in [0.25, 0.3) is 5.92 Å². The van der Waals surface area contributed by atoms with Gasteiger partial charge in [0.05, 0.1) is 6.54 Å². The molecular weight excluding hydrogens is 232 g/mol. The molecule has 1 heterocycles. The molecule has 17 heavy (non-hydrogen) atoms. The molecule has 0 radical (unpaired) electrons. The van der Waals surface area contributed by atoms with Crippen molar-refractivity contribution in [3.63, 3.8) is 0 Å². The van der Waals surface area contributed by atoms with E-state index in [1.165, 1.54) is 0 Å². The number of carbonyl (C=O) groups is 1. The molecule has 0 aromatic heterocycles. The number of rotatable bonds is 0. The zero-order valence-electron chi connectivity index (χ0n) is 10.6. The highest BCUT2D eigenvalue weighted by molar-refractivity contribution is 5.68. The number of hydrogen-bond acceptors (Lipinski definition) is 3. The Morgan fingerprint density at radius 1 is 1.41 bits per heavy atom. The standard InChI is InChI=1S/C11H19F2NO3/c1-9(2,3)17-8(15)14-6-5-10(4,16)11(12,13)7-14/h16H,5-7H2,1-4H3/t10-/m1/s1. The first-order valence-corrected chi connectivity index (χ1v) is 5.53. The predicted octanol–water partition coefficient (Wildman–Crippen LogP) is 2.01. The van der Waals surface area contributed by atoms with Crippen LogP contribution in [-0.4, -0.2) is 46.3 Å². The van der Waals surface area contributed by atoms with Gasteiger partial charge in [-0.2, -0.15) is 0 Å². The van der Waals surface area contributed by atoms with Gasteiger partial charge >= 0.3 is 6.09 Å². The second-order valence-corrected chi connectivity index (χ2v) is 5.63. The fourth-order valence-corrected chi connectivity index (χ4v) is 1.51.